The predicted octanol–water partition coefficient (Wildman–Crippen LogP) is 2.83. The minimum Gasteiger partial charge on any atom is -0.331 e. The zero-order chi connectivity index (χ0) is 18.2. The minimum atomic E-state index is -0.269. The number of carbonyl (C=O) groups excluding carboxylic acids is 1. The zero-order valence-corrected chi connectivity index (χ0v) is 15.1. The quantitative estimate of drug-likeness (QED) is 0.783. The number of anilines is 1. The summed E-state index contributed by atoms with van der Waals surface area (Å²) >= 11 is 0. The predicted molar refractivity (Wildman–Crippen MR) is 96.9 cm³/mol. The number of fused-ring (bicyclic) bond motifs is 1. The van der Waals surface area contributed by atoms with E-state index in [1.54, 1.807) is 0 Å². The van der Waals surface area contributed by atoms with E-state index in [1.807, 2.05) is 44.5 Å². The Balaban J connectivity index is 1.76. The van der Waals surface area contributed by atoms with Gasteiger partial charge in [-0.2, -0.15) is 5.10 Å². The Morgan fingerprint density at radius 2 is 2.12 bits per heavy atom. The lowest BCUT2D eigenvalue weighted by molar-refractivity contribution is 0.246. The Bertz CT molecular complexity index is 844. The lowest BCUT2D eigenvalue weighted by Gasteiger charge is -2.26. The van der Waals surface area contributed by atoms with E-state index in [0.29, 0.717) is 5.82 Å². The number of aromatic amines is 1. The van der Waals surface area contributed by atoms with Gasteiger partial charge in [-0.3, -0.25) is 10.1 Å². The van der Waals surface area contributed by atoms with Crippen molar-refractivity contribution in [3.8, 4) is 0 Å². The van der Waals surface area contributed by atoms with Gasteiger partial charge in [0.2, 0.25) is 5.56 Å². The number of carbonyl (C=O) groups is 1. The number of hydrogen-bond donors (Lipinski definition) is 3. The fraction of sp³-hybridized carbons (Fsp3) is 0.500. The molecule has 134 valence electrons. The number of aryl methyl sites for hydroxylation is 2. The van der Waals surface area contributed by atoms with Crippen LogP contribution in [0, 0.1) is 6.92 Å². The Morgan fingerprint density at radius 3 is 2.84 bits per heavy atom. The summed E-state index contributed by atoms with van der Waals surface area (Å²) in [5.74, 6) is 0.667. The molecule has 1 atom stereocenters. The normalized spacial score (nSPS) is 17.0. The molecule has 0 spiro atoms. The molecule has 0 bridgehead atoms. The molecule has 1 aliphatic carbocycles. The van der Waals surface area contributed by atoms with Gasteiger partial charge in [0.15, 0.2) is 0 Å². The number of aromatic nitrogens is 3. The van der Waals surface area contributed by atoms with E-state index in [4.69, 9.17) is 0 Å². The van der Waals surface area contributed by atoms with E-state index in [2.05, 4.69) is 20.7 Å². The molecular weight excluding hydrogens is 318 g/mol. The number of urea groups is 1. The molecule has 0 aliphatic heterocycles. The molecule has 3 N–H and O–H groups in total. The van der Waals surface area contributed by atoms with Gasteiger partial charge in [-0.15, -0.1) is 0 Å². The third-order valence-corrected chi connectivity index (χ3v) is 4.35. The average molecular weight is 343 g/mol. The third-order valence-electron chi connectivity index (χ3n) is 4.35. The topological polar surface area (TPSA) is 91.8 Å². The first-order valence-corrected chi connectivity index (χ1v) is 8.61. The van der Waals surface area contributed by atoms with Crippen LogP contribution in [0.25, 0.3) is 0 Å². The first-order valence-electron chi connectivity index (χ1n) is 8.61. The van der Waals surface area contributed by atoms with Crippen molar-refractivity contribution < 1.29 is 4.79 Å². The van der Waals surface area contributed by atoms with E-state index in [-0.39, 0.29) is 23.2 Å². The van der Waals surface area contributed by atoms with E-state index in [9.17, 15) is 9.59 Å². The van der Waals surface area contributed by atoms with Crippen LogP contribution in [-0.2, 0) is 12.0 Å². The second kappa shape index (κ2) is 6.38. The van der Waals surface area contributed by atoms with E-state index in [0.717, 1.165) is 36.2 Å². The number of pyridine rings is 1. The summed E-state index contributed by atoms with van der Waals surface area (Å²) in [6.07, 6.45) is 2.61. The highest BCUT2D eigenvalue weighted by Gasteiger charge is 2.24. The lowest BCUT2D eigenvalue weighted by Crippen LogP contribution is -2.36. The number of amides is 2. The molecule has 25 heavy (non-hydrogen) atoms. The Hall–Kier alpha value is -2.57. The van der Waals surface area contributed by atoms with Crippen LogP contribution in [-0.4, -0.2) is 20.8 Å². The lowest BCUT2D eigenvalue weighted by atomic mass is 9.91. The molecule has 1 aliphatic rings. The van der Waals surface area contributed by atoms with Gasteiger partial charge in [0.25, 0.3) is 0 Å². The molecular formula is C18H25N5O2. The highest BCUT2D eigenvalue weighted by molar-refractivity contribution is 5.88. The Labute approximate surface area is 146 Å². The summed E-state index contributed by atoms with van der Waals surface area (Å²) in [6, 6.07) is 4.80. The van der Waals surface area contributed by atoms with Crippen molar-refractivity contribution in [1.82, 2.24) is 20.1 Å². The van der Waals surface area contributed by atoms with Crippen LogP contribution >= 0.6 is 0 Å². The molecule has 2 heterocycles. The molecule has 2 aromatic heterocycles. The second-order valence-corrected chi connectivity index (χ2v) is 7.55. The molecule has 7 nitrogen and oxygen atoms in total. The Kier molecular flexibility index (Phi) is 4.41. The maximum Gasteiger partial charge on any atom is 0.320 e. The van der Waals surface area contributed by atoms with Gasteiger partial charge in [-0.25, -0.2) is 9.48 Å². The Morgan fingerprint density at radius 1 is 1.36 bits per heavy atom. The number of hydrogen-bond acceptors (Lipinski definition) is 3. The summed E-state index contributed by atoms with van der Waals surface area (Å²) in [4.78, 5) is 26.9. The van der Waals surface area contributed by atoms with Crippen LogP contribution in [0.4, 0.5) is 10.6 Å². The first-order chi connectivity index (χ1) is 11.7. The van der Waals surface area contributed by atoms with Gasteiger partial charge in [0.1, 0.15) is 5.82 Å². The third kappa shape index (κ3) is 3.75. The first kappa shape index (κ1) is 17.3. The highest BCUT2D eigenvalue weighted by atomic mass is 16.2. The largest absolute Gasteiger partial charge is 0.331 e. The molecule has 2 amide bonds. The van der Waals surface area contributed by atoms with E-state index < -0.39 is 0 Å². The fourth-order valence-electron chi connectivity index (χ4n) is 3.26. The fourth-order valence-corrected chi connectivity index (χ4v) is 3.26. The molecule has 0 fully saturated rings. The van der Waals surface area contributed by atoms with Crippen molar-refractivity contribution >= 4 is 11.8 Å². The SMILES string of the molecule is Cc1cc(NC(=O)N[C@@H]2CCCc3[nH]c(=O)ccc32)n(C(C)(C)C)n1. The molecule has 0 radical (unpaired) electrons. The van der Waals surface area contributed by atoms with Gasteiger partial charge in [-0.05, 0) is 58.6 Å². The monoisotopic (exact) mass is 343 g/mol. The summed E-state index contributed by atoms with van der Waals surface area (Å²) in [5.41, 5.74) is 2.42. The van der Waals surface area contributed by atoms with Crippen LogP contribution in [0.2, 0.25) is 0 Å². The van der Waals surface area contributed by atoms with Gasteiger partial charge < -0.3 is 10.3 Å². The smallest absolute Gasteiger partial charge is 0.320 e. The molecule has 0 saturated carbocycles. The second-order valence-electron chi connectivity index (χ2n) is 7.55. The van der Waals surface area contributed by atoms with Crippen LogP contribution in [0.1, 0.15) is 56.6 Å². The van der Waals surface area contributed by atoms with Crippen LogP contribution in [0.5, 0.6) is 0 Å². The summed E-state index contributed by atoms with van der Waals surface area (Å²) in [7, 11) is 0. The summed E-state index contributed by atoms with van der Waals surface area (Å²) in [5, 5.41) is 10.4. The molecule has 7 heteroatoms. The van der Waals surface area contributed by atoms with E-state index in [1.165, 1.54) is 6.07 Å². The molecule has 3 rings (SSSR count). The average Bonchev–Trinajstić information content (AvgIpc) is 2.87. The van der Waals surface area contributed by atoms with Crippen molar-refractivity contribution in [3.05, 3.63) is 45.5 Å². The van der Waals surface area contributed by atoms with Gasteiger partial charge in [0, 0.05) is 17.8 Å². The summed E-state index contributed by atoms with van der Waals surface area (Å²) in [6.45, 7) is 8.02. The van der Waals surface area contributed by atoms with Crippen LogP contribution in [0.15, 0.2) is 23.0 Å². The molecule has 0 aromatic carbocycles. The van der Waals surface area contributed by atoms with Crippen molar-refractivity contribution in [2.45, 2.75) is 58.5 Å². The van der Waals surface area contributed by atoms with Gasteiger partial charge in [-0.1, -0.05) is 0 Å². The standard InChI is InChI=1S/C18H25N5O2/c1-11-10-15(23(22-11)18(2,3)4)21-17(25)20-14-7-5-6-13-12(14)8-9-16(24)19-13/h8-10,14H,5-7H2,1-4H3,(H,19,24)(H2,20,21,25)/t14-/m1/s1. The van der Waals surface area contributed by atoms with Crippen molar-refractivity contribution in [3.63, 3.8) is 0 Å². The number of nitrogens with zero attached hydrogens (tertiary/aromatic N) is 2. The van der Waals surface area contributed by atoms with Crippen molar-refractivity contribution in [2.24, 2.45) is 0 Å². The van der Waals surface area contributed by atoms with Crippen LogP contribution < -0.4 is 16.2 Å². The van der Waals surface area contributed by atoms with E-state index >= 15 is 0 Å². The van der Waals surface area contributed by atoms with Gasteiger partial charge in [0.05, 0.1) is 17.3 Å². The summed E-state index contributed by atoms with van der Waals surface area (Å²) < 4.78 is 1.81. The highest BCUT2D eigenvalue weighted by Crippen LogP contribution is 2.28. The maximum absolute atomic E-state index is 12.5. The molecule has 0 saturated heterocycles. The van der Waals surface area contributed by atoms with Gasteiger partial charge >= 0.3 is 6.03 Å². The minimum absolute atomic E-state index is 0.103. The molecule has 2 aromatic rings. The van der Waals surface area contributed by atoms with Crippen molar-refractivity contribution in [2.75, 3.05) is 5.32 Å². The number of nitrogens with one attached hydrogen (secondary N) is 3. The van der Waals surface area contributed by atoms with Crippen LogP contribution in [0.3, 0.4) is 0 Å². The number of H-pyrrole nitrogens is 1. The zero-order valence-electron chi connectivity index (χ0n) is 15.1. The maximum atomic E-state index is 12.5. The van der Waals surface area contributed by atoms with Crippen molar-refractivity contribution in [1.29, 1.82) is 0 Å². The molecule has 0 unspecified atom stereocenters. The number of rotatable bonds is 2.